The van der Waals surface area contributed by atoms with Crippen molar-refractivity contribution in [3.8, 4) is 0 Å². The highest BCUT2D eigenvalue weighted by molar-refractivity contribution is 5.83. The predicted octanol–water partition coefficient (Wildman–Crippen LogP) is 3.36. The van der Waals surface area contributed by atoms with Crippen molar-refractivity contribution in [2.45, 2.75) is 59.3 Å². The highest BCUT2D eigenvalue weighted by Gasteiger charge is 2.26. The van der Waals surface area contributed by atoms with Gasteiger partial charge in [0.25, 0.3) is 0 Å². The monoisotopic (exact) mass is 262 g/mol. The van der Waals surface area contributed by atoms with Crippen LogP contribution in [0.1, 0.15) is 56.0 Å². The first-order valence-corrected chi connectivity index (χ1v) is 7.54. The molecule has 1 fully saturated rings. The summed E-state index contributed by atoms with van der Waals surface area (Å²) in [4.78, 5) is 12.4. The third kappa shape index (κ3) is 3.07. The van der Waals surface area contributed by atoms with Crippen molar-refractivity contribution in [3.05, 3.63) is 17.0 Å². The zero-order valence-corrected chi connectivity index (χ0v) is 12.7. The molecule has 0 bridgehead atoms. The normalized spacial score (nSPS) is 23.6. The van der Waals surface area contributed by atoms with Crippen LogP contribution in [0.5, 0.6) is 0 Å². The molecule has 1 aromatic heterocycles. The second-order valence-electron chi connectivity index (χ2n) is 6.04. The number of carbonyl (C=O) groups is 1. The van der Waals surface area contributed by atoms with Gasteiger partial charge >= 0.3 is 0 Å². The van der Waals surface area contributed by atoms with Crippen LogP contribution in [0.25, 0.3) is 0 Å². The molecule has 106 valence electrons. The number of hydrogen-bond donors (Lipinski definition) is 0. The van der Waals surface area contributed by atoms with Crippen LogP contribution in [0, 0.1) is 25.7 Å². The smallest absolute Gasteiger partial charge is 0.140 e. The lowest BCUT2D eigenvalue weighted by atomic mass is 9.78. The summed E-state index contributed by atoms with van der Waals surface area (Å²) in [7, 11) is 1.95. The molecule has 0 spiro atoms. The van der Waals surface area contributed by atoms with Gasteiger partial charge in [0.2, 0.25) is 0 Å². The summed E-state index contributed by atoms with van der Waals surface area (Å²) < 4.78 is 1.88. The Hall–Kier alpha value is -1.12. The highest BCUT2D eigenvalue weighted by atomic mass is 16.1. The third-order valence-electron chi connectivity index (χ3n) is 4.89. The average Bonchev–Trinajstić information content (AvgIpc) is 2.65. The number of nitrogens with zero attached hydrogens (tertiary/aromatic N) is 2. The lowest BCUT2D eigenvalue weighted by molar-refractivity contribution is -0.123. The number of aryl methyl sites for hydroxylation is 2. The van der Waals surface area contributed by atoms with E-state index in [-0.39, 0.29) is 0 Å². The fourth-order valence-electron chi connectivity index (χ4n) is 3.28. The number of ketones is 1. The predicted molar refractivity (Wildman–Crippen MR) is 77.1 cm³/mol. The number of Topliss-reactive ketones (excluding diaryl/α,β-unsaturated/α-hetero) is 1. The molecule has 0 amide bonds. The molecule has 3 heteroatoms. The topological polar surface area (TPSA) is 34.9 Å². The van der Waals surface area contributed by atoms with Crippen molar-refractivity contribution in [3.63, 3.8) is 0 Å². The van der Waals surface area contributed by atoms with Gasteiger partial charge in [-0.2, -0.15) is 5.10 Å². The van der Waals surface area contributed by atoms with E-state index in [1.54, 1.807) is 0 Å². The van der Waals surface area contributed by atoms with Crippen molar-refractivity contribution < 1.29 is 4.79 Å². The van der Waals surface area contributed by atoms with Gasteiger partial charge in [-0.05, 0) is 45.4 Å². The number of aromatic nitrogens is 2. The van der Waals surface area contributed by atoms with Crippen molar-refractivity contribution in [2.24, 2.45) is 18.9 Å². The third-order valence-corrected chi connectivity index (χ3v) is 4.89. The second kappa shape index (κ2) is 5.89. The minimum Gasteiger partial charge on any atom is -0.299 e. The van der Waals surface area contributed by atoms with E-state index in [4.69, 9.17) is 0 Å². The minimum absolute atomic E-state index is 0.293. The molecule has 1 heterocycles. The summed E-state index contributed by atoms with van der Waals surface area (Å²) in [6.07, 6.45) is 6.50. The molecule has 19 heavy (non-hydrogen) atoms. The maximum Gasteiger partial charge on any atom is 0.140 e. The molecular weight excluding hydrogens is 236 g/mol. The van der Waals surface area contributed by atoms with E-state index in [2.05, 4.69) is 18.9 Å². The van der Waals surface area contributed by atoms with Crippen molar-refractivity contribution in [2.75, 3.05) is 0 Å². The number of carbonyl (C=O) groups excluding carboxylic acids is 1. The zero-order valence-electron chi connectivity index (χ0n) is 12.7. The van der Waals surface area contributed by atoms with E-state index in [1.807, 2.05) is 18.7 Å². The Balaban J connectivity index is 1.98. The molecule has 0 saturated heterocycles. The first-order valence-electron chi connectivity index (χ1n) is 7.54. The van der Waals surface area contributed by atoms with E-state index in [0.29, 0.717) is 18.1 Å². The molecule has 0 aliphatic heterocycles. The Morgan fingerprint density at radius 3 is 2.37 bits per heavy atom. The van der Waals surface area contributed by atoms with Crippen LogP contribution >= 0.6 is 0 Å². The van der Waals surface area contributed by atoms with Crippen LogP contribution in [0.4, 0.5) is 0 Å². The first kappa shape index (κ1) is 14.3. The summed E-state index contributed by atoms with van der Waals surface area (Å²) in [6, 6.07) is 0. The fraction of sp³-hybridized carbons (Fsp3) is 0.750. The maximum atomic E-state index is 12.4. The summed E-state index contributed by atoms with van der Waals surface area (Å²) in [5.41, 5.74) is 3.29. The largest absolute Gasteiger partial charge is 0.299 e. The fourth-order valence-corrected chi connectivity index (χ4v) is 3.28. The molecule has 1 saturated carbocycles. The Morgan fingerprint density at radius 2 is 1.89 bits per heavy atom. The van der Waals surface area contributed by atoms with Gasteiger partial charge in [0.15, 0.2) is 0 Å². The Kier molecular flexibility index (Phi) is 4.43. The standard InChI is InChI=1S/C16H26N2O/c1-5-13-6-8-14(9-7-13)16(19)10-15-11(2)17-18(4)12(15)3/h13-14H,5-10H2,1-4H3. The van der Waals surface area contributed by atoms with E-state index >= 15 is 0 Å². The van der Waals surface area contributed by atoms with Crippen molar-refractivity contribution >= 4 is 5.78 Å². The summed E-state index contributed by atoms with van der Waals surface area (Å²) in [5, 5.41) is 4.40. The second-order valence-corrected chi connectivity index (χ2v) is 6.04. The molecule has 0 radical (unpaired) electrons. The van der Waals surface area contributed by atoms with E-state index < -0.39 is 0 Å². The van der Waals surface area contributed by atoms with Crippen LogP contribution in [0.15, 0.2) is 0 Å². The minimum atomic E-state index is 0.293. The molecule has 1 aliphatic carbocycles. The molecule has 1 aliphatic rings. The quantitative estimate of drug-likeness (QED) is 0.834. The highest BCUT2D eigenvalue weighted by Crippen LogP contribution is 2.32. The molecular formula is C16H26N2O. The molecule has 0 atom stereocenters. The van der Waals surface area contributed by atoms with Crippen molar-refractivity contribution in [1.82, 2.24) is 9.78 Å². The van der Waals surface area contributed by atoms with Gasteiger partial charge < -0.3 is 0 Å². The number of hydrogen-bond acceptors (Lipinski definition) is 2. The van der Waals surface area contributed by atoms with Crippen LogP contribution in [0.3, 0.4) is 0 Å². The van der Waals surface area contributed by atoms with E-state index in [1.165, 1.54) is 19.3 Å². The maximum absolute atomic E-state index is 12.4. The molecule has 1 aromatic rings. The zero-order chi connectivity index (χ0) is 14.0. The van der Waals surface area contributed by atoms with Crippen LogP contribution < -0.4 is 0 Å². The van der Waals surface area contributed by atoms with E-state index in [0.717, 1.165) is 35.7 Å². The summed E-state index contributed by atoms with van der Waals surface area (Å²) >= 11 is 0. The van der Waals surface area contributed by atoms with Crippen LogP contribution in [-0.4, -0.2) is 15.6 Å². The van der Waals surface area contributed by atoms with Gasteiger partial charge in [-0.3, -0.25) is 9.48 Å². The molecule has 0 aromatic carbocycles. The van der Waals surface area contributed by atoms with Gasteiger partial charge in [0.1, 0.15) is 5.78 Å². The average molecular weight is 262 g/mol. The van der Waals surface area contributed by atoms with Gasteiger partial charge in [-0.1, -0.05) is 13.3 Å². The first-order chi connectivity index (χ1) is 9.02. The van der Waals surface area contributed by atoms with E-state index in [9.17, 15) is 4.79 Å². The van der Waals surface area contributed by atoms with Gasteiger partial charge in [-0.25, -0.2) is 0 Å². The van der Waals surface area contributed by atoms with Gasteiger partial charge in [-0.15, -0.1) is 0 Å². The lowest BCUT2D eigenvalue weighted by Crippen LogP contribution is -2.23. The number of rotatable bonds is 4. The molecule has 2 rings (SSSR count). The van der Waals surface area contributed by atoms with Crippen LogP contribution in [-0.2, 0) is 18.3 Å². The molecule has 0 N–H and O–H groups in total. The lowest BCUT2D eigenvalue weighted by Gasteiger charge is -2.26. The Bertz CT molecular complexity index is 454. The summed E-state index contributed by atoms with van der Waals surface area (Å²) in [5.74, 6) is 1.57. The summed E-state index contributed by atoms with van der Waals surface area (Å²) in [6.45, 7) is 6.31. The Morgan fingerprint density at radius 1 is 1.26 bits per heavy atom. The molecule has 0 unspecified atom stereocenters. The molecule has 3 nitrogen and oxygen atoms in total. The SMILES string of the molecule is CCC1CCC(C(=O)Cc2c(C)nn(C)c2C)CC1. The van der Waals surface area contributed by atoms with Crippen LogP contribution in [0.2, 0.25) is 0 Å². The van der Waals surface area contributed by atoms with Gasteiger partial charge in [0, 0.05) is 30.6 Å². The van der Waals surface area contributed by atoms with Crippen molar-refractivity contribution in [1.29, 1.82) is 0 Å². The Labute approximate surface area is 116 Å². The van der Waals surface area contributed by atoms with Gasteiger partial charge in [0.05, 0.1) is 5.69 Å².